The third-order valence-corrected chi connectivity index (χ3v) is 6.30. The van der Waals surface area contributed by atoms with Crippen LogP contribution in [0.1, 0.15) is 36.0 Å². The lowest BCUT2D eigenvalue weighted by Crippen LogP contribution is -2.46. The molecule has 0 aliphatic heterocycles. The molecule has 3 aromatic rings. The number of carbonyl (C=O) groups is 4. The minimum atomic E-state index is -1.21. The van der Waals surface area contributed by atoms with E-state index in [0.717, 1.165) is 21.6 Å². The maximum atomic E-state index is 13.0. The maximum Gasteiger partial charge on any atom is 0.410 e. The first kappa shape index (κ1) is 32.5. The summed E-state index contributed by atoms with van der Waals surface area (Å²) in [4.78, 5) is 50.5. The number of hydrogen-bond donors (Lipinski definition) is 3. The average Bonchev–Trinajstić information content (AvgIpc) is 3.03. The van der Waals surface area contributed by atoms with Gasteiger partial charge in [0.05, 0.1) is 0 Å². The number of nitrogens with one attached hydrogen (secondary N) is 2. The topological polar surface area (TPSA) is 144 Å². The third-order valence-electron chi connectivity index (χ3n) is 6.30. The van der Waals surface area contributed by atoms with Gasteiger partial charge in [-0.15, -0.1) is 0 Å². The van der Waals surface area contributed by atoms with Crippen LogP contribution in [0.5, 0.6) is 0 Å². The van der Waals surface area contributed by atoms with Gasteiger partial charge in [-0.25, -0.2) is 19.2 Å². The third kappa shape index (κ3) is 12.6. The SMILES string of the molecule is O=C(NCCCC(C(=O)O)N(CCCNC(=O)OCc1ccccc1)C(=O)OCc1ccccc1)OCc1ccccc1. The second-order valence-corrected chi connectivity index (χ2v) is 9.56. The Balaban J connectivity index is 1.49. The predicted octanol–water partition coefficient (Wildman–Crippen LogP) is 5.10. The van der Waals surface area contributed by atoms with Gasteiger partial charge in [-0.2, -0.15) is 0 Å². The van der Waals surface area contributed by atoms with E-state index in [2.05, 4.69) is 10.6 Å². The van der Waals surface area contributed by atoms with Crippen LogP contribution in [0.4, 0.5) is 14.4 Å². The van der Waals surface area contributed by atoms with Crippen molar-refractivity contribution in [2.45, 2.75) is 45.1 Å². The Labute approximate surface area is 250 Å². The second-order valence-electron chi connectivity index (χ2n) is 9.56. The molecular weight excluding hydrogens is 554 g/mol. The van der Waals surface area contributed by atoms with Crippen LogP contribution in [0, 0.1) is 0 Å². The lowest BCUT2D eigenvalue weighted by atomic mass is 10.1. The summed E-state index contributed by atoms with van der Waals surface area (Å²) in [6.07, 6.45) is -1.46. The molecule has 3 rings (SSSR count). The fourth-order valence-electron chi connectivity index (χ4n) is 4.06. The van der Waals surface area contributed by atoms with Gasteiger partial charge < -0.3 is 30.0 Å². The summed E-state index contributed by atoms with van der Waals surface area (Å²) in [6.45, 7) is 0.507. The van der Waals surface area contributed by atoms with Gasteiger partial charge in [0, 0.05) is 19.6 Å². The first-order valence-corrected chi connectivity index (χ1v) is 14.0. The van der Waals surface area contributed by atoms with Gasteiger partial charge in [0.2, 0.25) is 0 Å². The van der Waals surface area contributed by atoms with E-state index in [4.69, 9.17) is 14.2 Å². The van der Waals surface area contributed by atoms with Crippen molar-refractivity contribution >= 4 is 24.2 Å². The van der Waals surface area contributed by atoms with E-state index in [9.17, 15) is 24.3 Å². The first-order chi connectivity index (χ1) is 20.9. The second kappa shape index (κ2) is 18.4. The molecule has 11 heteroatoms. The predicted molar refractivity (Wildman–Crippen MR) is 158 cm³/mol. The summed E-state index contributed by atoms with van der Waals surface area (Å²) in [5, 5.41) is 15.2. The van der Waals surface area contributed by atoms with Crippen molar-refractivity contribution in [2.24, 2.45) is 0 Å². The monoisotopic (exact) mass is 591 g/mol. The van der Waals surface area contributed by atoms with Crippen molar-refractivity contribution in [2.75, 3.05) is 19.6 Å². The Hall–Kier alpha value is -5.06. The number of rotatable bonds is 16. The molecule has 1 unspecified atom stereocenters. The molecule has 0 aliphatic rings. The van der Waals surface area contributed by atoms with Gasteiger partial charge >= 0.3 is 24.2 Å². The molecule has 0 bridgehead atoms. The van der Waals surface area contributed by atoms with Crippen LogP contribution in [-0.2, 0) is 38.8 Å². The zero-order chi connectivity index (χ0) is 30.7. The van der Waals surface area contributed by atoms with Crippen molar-refractivity contribution in [3.63, 3.8) is 0 Å². The van der Waals surface area contributed by atoms with Gasteiger partial charge in [0.1, 0.15) is 25.9 Å². The number of carboxylic acid groups (broad SMARTS) is 1. The summed E-state index contributed by atoms with van der Waals surface area (Å²) in [6, 6.07) is 26.2. The number of carboxylic acids is 1. The number of benzene rings is 3. The van der Waals surface area contributed by atoms with Crippen LogP contribution in [0.15, 0.2) is 91.0 Å². The van der Waals surface area contributed by atoms with Crippen molar-refractivity contribution in [3.05, 3.63) is 108 Å². The molecule has 0 radical (unpaired) electrons. The molecule has 0 saturated heterocycles. The van der Waals surface area contributed by atoms with Crippen molar-refractivity contribution in [1.82, 2.24) is 15.5 Å². The number of nitrogens with zero attached hydrogens (tertiary/aromatic N) is 1. The van der Waals surface area contributed by atoms with E-state index in [1.54, 1.807) is 24.3 Å². The molecule has 11 nitrogen and oxygen atoms in total. The van der Waals surface area contributed by atoms with Crippen LogP contribution in [-0.4, -0.2) is 59.9 Å². The molecule has 0 spiro atoms. The Morgan fingerprint density at radius 3 is 1.49 bits per heavy atom. The Morgan fingerprint density at radius 1 is 0.628 bits per heavy atom. The van der Waals surface area contributed by atoms with Crippen molar-refractivity contribution in [1.29, 1.82) is 0 Å². The van der Waals surface area contributed by atoms with Crippen LogP contribution in [0.3, 0.4) is 0 Å². The van der Waals surface area contributed by atoms with Crippen molar-refractivity contribution in [3.8, 4) is 0 Å². The summed E-state index contributed by atoms with van der Waals surface area (Å²) in [5.41, 5.74) is 2.43. The van der Waals surface area contributed by atoms with Crippen LogP contribution >= 0.6 is 0 Å². The lowest BCUT2D eigenvalue weighted by molar-refractivity contribution is -0.143. The molecule has 1 atom stereocenters. The highest BCUT2D eigenvalue weighted by molar-refractivity contribution is 5.80. The van der Waals surface area contributed by atoms with E-state index >= 15 is 0 Å². The number of carbonyl (C=O) groups excluding carboxylic acids is 3. The molecule has 0 saturated carbocycles. The van der Waals surface area contributed by atoms with E-state index in [-0.39, 0.29) is 58.7 Å². The number of hydrogen-bond acceptors (Lipinski definition) is 7. The molecule has 0 heterocycles. The largest absolute Gasteiger partial charge is 0.480 e. The quantitative estimate of drug-likeness (QED) is 0.154. The molecule has 43 heavy (non-hydrogen) atoms. The fourth-order valence-corrected chi connectivity index (χ4v) is 4.06. The molecule has 0 fully saturated rings. The summed E-state index contributed by atoms with van der Waals surface area (Å²) in [5.74, 6) is -1.21. The average molecular weight is 592 g/mol. The molecule has 3 amide bonds. The smallest absolute Gasteiger partial charge is 0.410 e. The highest BCUT2D eigenvalue weighted by atomic mass is 16.6. The van der Waals surface area contributed by atoms with Gasteiger partial charge in [-0.3, -0.25) is 4.90 Å². The van der Waals surface area contributed by atoms with Gasteiger partial charge in [-0.1, -0.05) is 91.0 Å². The number of aliphatic carboxylic acids is 1. The van der Waals surface area contributed by atoms with E-state index in [1.807, 2.05) is 66.7 Å². The Kier molecular flexibility index (Phi) is 13.9. The molecule has 3 aromatic carbocycles. The van der Waals surface area contributed by atoms with E-state index < -0.39 is 30.3 Å². The molecule has 3 N–H and O–H groups in total. The summed E-state index contributed by atoms with van der Waals surface area (Å²) < 4.78 is 15.8. The van der Waals surface area contributed by atoms with Gasteiger partial charge in [0.25, 0.3) is 0 Å². The summed E-state index contributed by atoms with van der Waals surface area (Å²) in [7, 11) is 0. The minimum Gasteiger partial charge on any atom is -0.480 e. The van der Waals surface area contributed by atoms with Gasteiger partial charge in [0.15, 0.2) is 0 Å². The van der Waals surface area contributed by atoms with Crippen molar-refractivity contribution < 1.29 is 38.5 Å². The normalized spacial score (nSPS) is 11.1. The molecule has 228 valence electrons. The number of alkyl carbamates (subject to hydrolysis) is 2. The molecule has 0 aromatic heterocycles. The Morgan fingerprint density at radius 2 is 1.05 bits per heavy atom. The molecule has 0 aliphatic carbocycles. The lowest BCUT2D eigenvalue weighted by Gasteiger charge is -2.28. The zero-order valence-electron chi connectivity index (χ0n) is 23.9. The zero-order valence-corrected chi connectivity index (χ0v) is 23.9. The van der Waals surface area contributed by atoms with Crippen LogP contribution in [0.2, 0.25) is 0 Å². The highest BCUT2D eigenvalue weighted by Gasteiger charge is 2.30. The first-order valence-electron chi connectivity index (χ1n) is 14.0. The number of amides is 3. The maximum absolute atomic E-state index is 13.0. The van der Waals surface area contributed by atoms with E-state index in [0.29, 0.717) is 0 Å². The highest BCUT2D eigenvalue weighted by Crippen LogP contribution is 2.13. The standard InChI is InChI=1S/C32H37N3O8/c36-29(37)28(18-10-19-33-30(38)41-22-25-12-4-1-5-13-25)35(32(40)43-24-27-16-8-3-9-17-27)21-11-20-34-31(39)42-23-26-14-6-2-7-15-26/h1-9,12-17,28H,10-11,18-24H2,(H,33,38)(H,34,39)(H,36,37). The minimum absolute atomic E-state index is 0.0100. The van der Waals surface area contributed by atoms with E-state index in [1.165, 1.54) is 0 Å². The number of ether oxygens (including phenoxy) is 3. The van der Waals surface area contributed by atoms with Gasteiger partial charge in [-0.05, 0) is 36.0 Å². The van der Waals surface area contributed by atoms with Crippen LogP contribution < -0.4 is 10.6 Å². The molecular formula is C32H37N3O8. The Bertz CT molecular complexity index is 1280. The van der Waals surface area contributed by atoms with Crippen LogP contribution in [0.25, 0.3) is 0 Å². The fraction of sp³-hybridized carbons (Fsp3) is 0.312. The summed E-state index contributed by atoms with van der Waals surface area (Å²) >= 11 is 0.